The van der Waals surface area contributed by atoms with Gasteiger partial charge in [-0.25, -0.2) is 4.98 Å². The van der Waals surface area contributed by atoms with Crippen LogP contribution in [0, 0.1) is 12.8 Å². The normalized spacial score (nSPS) is 15.2. The molecule has 0 radical (unpaired) electrons. The highest BCUT2D eigenvalue weighted by molar-refractivity contribution is 6.29. The molecule has 1 amide bonds. The predicted molar refractivity (Wildman–Crippen MR) is 140 cm³/mol. The Morgan fingerprint density at radius 3 is 2.59 bits per heavy atom. The van der Waals surface area contributed by atoms with E-state index in [1.54, 1.807) is 11.1 Å². The minimum atomic E-state index is 0.0705. The minimum Gasteiger partial charge on any atom is -0.378 e. The first-order chi connectivity index (χ1) is 16.5. The molecule has 180 valence electrons. The Balaban J connectivity index is 1.60. The van der Waals surface area contributed by atoms with Crippen molar-refractivity contribution in [1.82, 2.24) is 14.5 Å². The average Bonchev–Trinajstić information content (AvgIpc) is 3.24. The van der Waals surface area contributed by atoms with Crippen molar-refractivity contribution in [2.45, 2.75) is 58.4 Å². The van der Waals surface area contributed by atoms with Crippen LogP contribution in [0.15, 0.2) is 55.0 Å². The maximum atomic E-state index is 12.6. The van der Waals surface area contributed by atoms with E-state index in [4.69, 9.17) is 11.6 Å². The van der Waals surface area contributed by atoms with Crippen LogP contribution in [0.5, 0.6) is 0 Å². The molecule has 0 spiro atoms. The molecule has 1 aliphatic carbocycles. The second-order valence-corrected chi connectivity index (χ2v) is 9.85. The third-order valence-corrected chi connectivity index (χ3v) is 7.10. The topological polar surface area (TPSA) is 50.2 Å². The monoisotopic (exact) mass is 478 g/mol. The zero-order valence-electron chi connectivity index (χ0n) is 20.4. The van der Waals surface area contributed by atoms with E-state index < -0.39 is 0 Å². The van der Waals surface area contributed by atoms with Crippen molar-refractivity contribution in [2.75, 3.05) is 18.9 Å². The van der Waals surface area contributed by atoms with Crippen LogP contribution < -0.4 is 5.32 Å². The maximum Gasteiger partial charge on any atom is 0.253 e. The zero-order chi connectivity index (χ0) is 24.1. The summed E-state index contributed by atoms with van der Waals surface area (Å²) in [5.41, 5.74) is 5.35. The number of carbonyl (C=O) groups is 1. The van der Waals surface area contributed by atoms with Crippen LogP contribution in [-0.2, 0) is 0 Å². The second-order valence-electron chi connectivity index (χ2n) is 9.46. The minimum absolute atomic E-state index is 0.0705. The molecule has 0 saturated heterocycles. The van der Waals surface area contributed by atoms with E-state index >= 15 is 0 Å². The standard InChI is InChI=1S/C28H35ClN4O/c1-4-16-32(3)28(34)22-10-12-23(13-11-22)31-27(21-8-6-5-7-9-21)25-19-33(18-20(25)2)24-14-15-30-26(29)17-24/h10-15,17-19,21,27,31H,4-9,16H2,1-3H3. The van der Waals surface area contributed by atoms with E-state index in [-0.39, 0.29) is 11.9 Å². The molecule has 0 aliphatic heterocycles. The van der Waals surface area contributed by atoms with Crippen molar-refractivity contribution in [3.63, 3.8) is 0 Å². The summed E-state index contributed by atoms with van der Waals surface area (Å²) in [7, 11) is 1.86. The summed E-state index contributed by atoms with van der Waals surface area (Å²) in [5, 5.41) is 4.32. The number of anilines is 1. The molecular weight excluding hydrogens is 444 g/mol. The Bertz CT molecular complexity index is 1100. The van der Waals surface area contributed by atoms with Gasteiger partial charge in [0.2, 0.25) is 0 Å². The van der Waals surface area contributed by atoms with Crippen molar-refractivity contribution >= 4 is 23.2 Å². The van der Waals surface area contributed by atoms with E-state index in [2.05, 4.69) is 41.1 Å². The lowest BCUT2D eigenvalue weighted by atomic mass is 9.81. The molecular formula is C28H35ClN4O. The van der Waals surface area contributed by atoms with Crippen LogP contribution in [0.4, 0.5) is 5.69 Å². The van der Waals surface area contributed by atoms with E-state index in [0.717, 1.165) is 29.9 Å². The Morgan fingerprint density at radius 1 is 1.18 bits per heavy atom. The fraction of sp³-hybridized carbons (Fsp3) is 0.429. The molecule has 4 rings (SSSR count). The van der Waals surface area contributed by atoms with Gasteiger partial charge < -0.3 is 14.8 Å². The highest BCUT2D eigenvalue weighted by atomic mass is 35.5. The smallest absolute Gasteiger partial charge is 0.253 e. The lowest BCUT2D eigenvalue weighted by molar-refractivity contribution is 0.0795. The number of hydrogen-bond acceptors (Lipinski definition) is 3. The summed E-state index contributed by atoms with van der Waals surface area (Å²) < 4.78 is 2.14. The third kappa shape index (κ3) is 5.64. The van der Waals surface area contributed by atoms with Crippen LogP contribution >= 0.6 is 11.6 Å². The summed E-state index contributed by atoms with van der Waals surface area (Å²) >= 11 is 6.14. The SMILES string of the molecule is CCCN(C)C(=O)c1ccc(NC(c2cn(-c3ccnc(Cl)c3)cc2C)C2CCCCC2)cc1. The number of carbonyl (C=O) groups excluding carboxylic acids is 1. The van der Waals surface area contributed by atoms with Gasteiger partial charge in [0.05, 0.1) is 6.04 Å². The summed E-state index contributed by atoms with van der Waals surface area (Å²) in [4.78, 5) is 18.5. The Labute approximate surface area is 208 Å². The Kier molecular flexibility index (Phi) is 7.94. The van der Waals surface area contributed by atoms with Gasteiger partial charge in [-0.3, -0.25) is 4.79 Å². The zero-order valence-corrected chi connectivity index (χ0v) is 21.2. The molecule has 2 heterocycles. The fourth-order valence-corrected chi connectivity index (χ4v) is 5.23. The molecule has 34 heavy (non-hydrogen) atoms. The van der Waals surface area contributed by atoms with Crippen LogP contribution in [-0.4, -0.2) is 34.0 Å². The molecule has 5 nitrogen and oxygen atoms in total. The van der Waals surface area contributed by atoms with Gasteiger partial charge in [-0.1, -0.05) is 37.8 Å². The van der Waals surface area contributed by atoms with Gasteiger partial charge in [-0.05, 0) is 79.6 Å². The first kappa shape index (κ1) is 24.3. The van der Waals surface area contributed by atoms with Gasteiger partial charge in [0.1, 0.15) is 5.15 Å². The quantitative estimate of drug-likeness (QED) is 0.353. The number of pyridine rings is 1. The molecule has 1 unspecified atom stereocenters. The van der Waals surface area contributed by atoms with Crippen molar-refractivity contribution in [3.05, 3.63) is 76.8 Å². The van der Waals surface area contributed by atoms with Gasteiger partial charge >= 0.3 is 0 Å². The second kappa shape index (κ2) is 11.1. The lowest BCUT2D eigenvalue weighted by Gasteiger charge is -2.32. The highest BCUT2D eigenvalue weighted by Crippen LogP contribution is 2.38. The van der Waals surface area contributed by atoms with Gasteiger partial charge in [0.25, 0.3) is 5.91 Å². The number of halogens is 1. The number of nitrogens with one attached hydrogen (secondary N) is 1. The molecule has 3 aromatic rings. The molecule has 1 fully saturated rings. The summed E-state index contributed by atoms with van der Waals surface area (Å²) in [6.45, 7) is 5.03. The van der Waals surface area contributed by atoms with Crippen molar-refractivity contribution in [1.29, 1.82) is 0 Å². The lowest BCUT2D eigenvalue weighted by Crippen LogP contribution is -2.27. The van der Waals surface area contributed by atoms with Crippen molar-refractivity contribution < 1.29 is 4.79 Å². The number of aryl methyl sites for hydroxylation is 1. The predicted octanol–water partition coefficient (Wildman–Crippen LogP) is 7.05. The first-order valence-corrected chi connectivity index (χ1v) is 12.8. The molecule has 1 atom stereocenters. The van der Waals surface area contributed by atoms with Crippen LogP contribution in [0.2, 0.25) is 5.15 Å². The maximum absolute atomic E-state index is 12.6. The number of nitrogens with zero attached hydrogens (tertiary/aromatic N) is 3. The van der Waals surface area contributed by atoms with Crippen molar-refractivity contribution in [2.24, 2.45) is 5.92 Å². The van der Waals surface area contributed by atoms with E-state index in [0.29, 0.717) is 11.1 Å². The van der Waals surface area contributed by atoms with E-state index in [9.17, 15) is 4.79 Å². The van der Waals surface area contributed by atoms with Gasteiger partial charge in [-0.2, -0.15) is 0 Å². The average molecular weight is 479 g/mol. The van der Waals surface area contributed by atoms with Crippen molar-refractivity contribution in [3.8, 4) is 5.69 Å². The molecule has 1 saturated carbocycles. The fourth-order valence-electron chi connectivity index (χ4n) is 5.06. The van der Waals surface area contributed by atoms with Gasteiger partial charge in [0.15, 0.2) is 0 Å². The molecule has 2 aromatic heterocycles. The number of amides is 1. The van der Waals surface area contributed by atoms with Crippen LogP contribution in [0.25, 0.3) is 5.69 Å². The number of aromatic nitrogens is 2. The summed E-state index contributed by atoms with van der Waals surface area (Å²) in [6.07, 6.45) is 13.4. The summed E-state index contributed by atoms with van der Waals surface area (Å²) in [5.74, 6) is 0.641. The summed E-state index contributed by atoms with van der Waals surface area (Å²) in [6, 6.07) is 12.0. The number of benzene rings is 1. The largest absolute Gasteiger partial charge is 0.378 e. The van der Waals surface area contributed by atoms with Crippen LogP contribution in [0.1, 0.15) is 73.0 Å². The highest BCUT2D eigenvalue weighted by Gasteiger charge is 2.27. The van der Waals surface area contributed by atoms with E-state index in [1.165, 1.54) is 43.2 Å². The van der Waals surface area contributed by atoms with E-state index in [1.807, 2.05) is 43.4 Å². The number of rotatable bonds is 8. The molecule has 1 aromatic carbocycles. The van der Waals surface area contributed by atoms with Gasteiger partial charge in [0, 0.05) is 49.1 Å². The van der Waals surface area contributed by atoms with Crippen LogP contribution in [0.3, 0.4) is 0 Å². The molecule has 1 aliphatic rings. The first-order valence-electron chi connectivity index (χ1n) is 12.4. The molecule has 1 N–H and O–H groups in total. The molecule has 0 bridgehead atoms. The third-order valence-electron chi connectivity index (χ3n) is 6.89. The van der Waals surface area contributed by atoms with Gasteiger partial charge in [-0.15, -0.1) is 0 Å². The molecule has 6 heteroatoms. The number of hydrogen-bond donors (Lipinski definition) is 1. The Hall–Kier alpha value is -2.79. The Morgan fingerprint density at radius 2 is 1.91 bits per heavy atom.